The summed E-state index contributed by atoms with van der Waals surface area (Å²) in [6.45, 7) is 5.37. The van der Waals surface area contributed by atoms with Crippen molar-refractivity contribution in [1.82, 2.24) is 14.9 Å². The van der Waals surface area contributed by atoms with Crippen molar-refractivity contribution in [3.63, 3.8) is 0 Å². The zero-order valence-electron chi connectivity index (χ0n) is 12.8. The molecule has 1 unspecified atom stereocenters. The van der Waals surface area contributed by atoms with E-state index in [1.807, 2.05) is 12.4 Å². The summed E-state index contributed by atoms with van der Waals surface area (Å²) in [5.41, 5.74) is 2.82. The van der Waals surface area contributed by atoms with Crippen molar-refractivity contribution in [2.24, 2.45) is 7.05 Å². The van der Waals surface area contributed by atoms with Gasteiger partial charge in [-0.05, 0) is 37.4 Å². The van der Waals surface area contributed by atoms with E-state index in [0.29, 0.717) is 6.04 Å². The Balaban J connectivity index is 1.97. The third-order valence-electron chi connectivity index (χ3n) is 3.86. The Morgan fingerprint density at radius 2 is 2.10 bits per heavy atom. The van der Waals surface area contributed by atoms with Gasteiger partial charge in [-0.2, -0.15) is 0 Å². The summed E-state index contributed by atoms with van der Waals surface area (Å²) in [5, 5.41) is 3.60. The first-order valence-corrected chi connectivity index (χ1v) is 7.44. The predicted octanol–water partition coefficient (Wildman–Crippen LogP) is 2.88. The number of hydrogen-bond acceptors (Lipinski definition) is 2. The number of rotatable bonds is 7. The minimum atomic E-state index is 0.512. The molecule has 3 nitrogen and oxygen atoms in total. The lowest BCUT2D eigenvalue weighted by Gasteiger charge is -2.19. The number of aryl methyl sites for hydroxylation is 3. The molecule has 20 heavy (non-hydrogen) atoms. The zero-order chi connectivity index (χ0) is 14.4. The Morgan fingerprint density at radius 1 is 1.30 bits per heavy atom. The van der Waals surface area contributed by atoms with Crippen LogP contribution in [0.5, 0.6) is 0 Å². The number of likely N-dealkylation sites (N-methyl/N-ethyl adjacent to an activating group) is 1. The molecule has 0 amide bonds. The summed E-state index contributed by atoms with van der Waals surface area (Å²) in [7, 11) is 2.06. The van der Waals surface area contributed by atoms with Crippen LogP contribution in [-0.2, 0) is 19.9 Å². The van der Waals surface area contributed by atoms with Crippen molar-refractivity contribution in [3.05, 3.63) is 53.6 Å². The lowest BCUT2D eigenvalue weighted by Crippen LogP contribution is -2.32. The second kappa shape index (κ2) is 7.25. The van der Waals surface area contributed by atoms with Gasteiger partial charge in [-0.15, -0.1) is 0 Å². The summed E-state index contributed by atoms with van der Waals surface area (Å²) >= 11 is 0. The summed E-state index contributed by atoms with van der Waals surface area (Å²) in [5.74, 6) is 1.16. The maximum absolute atomic E-state index is 4.41. The first-order chi connectivity index (χ1) is 9.70. The highest BCUT2D eigenvalue weighted by molar-refractivity contribution is 5.26. The summed E-state index contributed by atoms with van der Waals surface area (Å²) in [6, 6.07) is 9.18. The number of benzene rings is 1. The topological polar surface area (TPSA) is 29.9 Å². The van der Waals surface area contributed by atoms with Crippen LogP contribution in [0.15, 0.2) is 36.7 Å². The zero-order valence-corrected chi connectivity index (χ0v) is 12.8. The minimum Gasteiger partial charge on any atom is -0.338 e. The largest absolute Gasteiger partial charge is 0.338 e. The van der Waals surface area contributed by atoms with E-state index >= 15 is 0 Å². The number of nitrogens with zero attached hydrogens (tertiary/aromatic N) is 2. The second-order valence-electron chi connectivity index (χ2n) is 5.38. The smallest absolute Gasteiger partial charge is 0.108 e. The molecule has 0 radical (unpaired) electrons. The van der Waals surface area contributed by atoms with Crippen molar-refractivity contribution in [1.29, 1.82) is 0 Å². The quantitative estimate of drug-likeness (QED) is 0.839. The number of nitrogens with one attached hydrogen (secondary N) is 1. The van der Waals surface area contributed by atoms with Crippen LogP contribution in [0.3, 0.4) is 0 Å². The molecule has 0 spiro atoms. The third-order valence-corrected chi connectivity index (χ3v) is 3.86. The SMILES string of the molecule is CCNC(CCc1nccn1C)Cc1ccccc1C. The second-order valence-corrected chi connectivity index (χ2v) is 5.38. The molecule has 3 heteroatoms. The Hall–Kier alpha value is -1.61. The molecule has 1 aromatic heterocycles. The lowest BCUT2D eigenvalue weighted by molar-refractivity contribution is 0.482. The highest BCUT2D eigenvalue weighted by atomic mass is 15.0. The molecule has 1 N–H and O–H groups in total. The third kappa shape index (κ3) is 3.94. The van der Waals surface area contributed by atoms with Crippen molar-refractivity contribution in [2.45, 2.75) is 39.2 Å². The van der Waals surface area contributed by atoms with Gasteiger partial charge in [0.05, 0.1) is 0 Å². The average molecular weight is 271 g/mol. The summed E-state index contributed by atoms with van der Waals surface area (Å²) in [4.78, 5) is 4.41. The van der Waals surface area contributed by atoms with Crippen LogP contribution in [0, 0.1) is 6.92 Å². The molecule has 2 rings (SSSR count). The summed E-state index contributed by atoms with van der Waals surface area (Å²) in [6.07, 6.45) is 7.11. The first-order valence-electron chi connectivity index (χ1n) is 7.44. The number of aromatic nitrogens is 2. The molecular formula is C17H25N3. The fraction of sp³-hybridized carbons (Fsp3) is 0.471. The van der Waals surface area contributed by atoms with Gasteiger partial charge in [0, 0.05) is 31.9 Å². The molecular weight excluding hydrogens is 246 g/mol. The van der Waals surface area contributed by atoms with Gasteiger partial charge in [-0.25, -0.2) is 4.98 Å². The molecule has 108 valence electrons. The predicted molar refractivity (Wildman–Crippen MR) is 83.9 cm³/mol. The molecule has 0 bridgehead atoms. The highest BCUT2D eigenvalue weighted by Crippen LogP contribution is 2.13. The van der Waals surface area contributed by atoms with E-state index in [-0.39, 0.29) is 0 Å². The van der Waals surface area contributed by atoms with Gasteiger partial charge in [0.2, 0.25) is 0 Å². The Labute approximate surface area is 122 Å². The van der Waals surface area contributed by atoms with Crippen LogP contribution in [-0.4, -0.2) is 22.1 Å². The van der Waals surface area contributed by atoms with Gasteiger partial charge in [0.25, 0.3) is 0 Å². The van der Waals surface area contributed by atoms with Crippen molar-refractivity contribution < 1.29 is 0 Å². The fourth-order valence-corrected chi connectivity index (χ4v) is 2.61. The molecule has 0 fully saturated rings. The molecule has 0 aliphatic heterocycles. The lowest BCUT2D eigenvalue weighted by atomic mass is 9.98. The molecule has 1 atom stereocenters. The fourth-order valence-electron chi connectivity index (χ4n) is 2.61. The normalized spacial score (nSPS) is 12.6. The Morgan fingerprint density at radius 3 is 2.75 bits per heavy atom. The standard InChI is InChI=1S/C17H25N3/c1-4-18-16(9-10-17-19-11-12-20(17)3)13-15-8-6-5-7-14(15)2/h5-8,11-12,16,18H,4,9-10,13H2,1-3H3. The van der Waals surface area contributed by atoms with Crippen molar-refractivity contribution in [3.8, 4) is 0 Å². The minimum absolute atomic E-state index is 0.512. The first kappa shape index (κ1) is 14.8. The van der Waals surface area contributed by atoms with Crippen LogP contribution in [0.25, 0.3) is 0 Å². The molecule has 0 saturated heterocycles. The maximum Gasteiger partial charge on any atom is 0.108 e. The van der Waals surface area contributed by atoms with Crippen LogP contribution in [0.2, 0.25) is 0 Å². The molecule has 0 aliphatic carbocycles. The van der Waals surface area contributed by atoms with Crippen LogP contribution >= 0.6 is 0 Å². The van der Waals surface area contributed by atoms with E-state index < -0.39 is 0 Å². The van der Waals surface area contributed by atoms with E-state index in [2.05, 4.69) is 60.0 Å². The maximum atomic E-state index is 4.41. The van der Waals surface area contributed by atoms with Gasteiger partial charge in [0.15, 0.2) is 0 Å². The van der Waals surface area contributed by atoms with Crippen molar-refractivity contribution in [2.75, 3.05) is 6.54 Å². The number of imidazole rings is 1. The Kier molecular flexibility index (Phi) is 5.36. The monoisotopic (exact) mass is 271 g/mol. The van der Waals surface area contributed by atoms with E-state index in [1.54, 1.807) is 0 Å². The molecule has 1 aromatic carbocycles. The molecule has 1 heterocycles. The molecule has 0 saturated carbocycles. The van der Waals surface area contributed by atoms with Gasteiger partial charge in [-0.1, -0.05) is 31.2 Å². The number of hydrogen-bond donors (Lipinski definition) is 1. The van der Waals surface area contributed by atoms with Gasteiger partial charge >= 0.3 is 0 Å². The van der Waals surface area contributed by atoms with Gasteiger partial charge in [-0.3, -0.25) is 0 Å². The van der Waals surface area contributed by atoms with E-state index in [9.17, 15) is 0 Å². The van der Waals surface area contributed by atoms with E-state index in [0.717, 1.165) is 31.6 Å². The summed E-state index contributed by atoms with van der Waals surface area (Å²) < 4.78 is 2.11. The van der Waals surface area contributed by atoms with Crippen molar-refractivity contribution >= 4 is 0 Å². The average Bonchev–Trinajstić information content (AvgIpc) is 2.84. The van der Waals surface area contributed by atoms with E-state index in [4.69, 9.17) is 0 Å². The highest BCUT2D eigenvalue weighted by Gasteiger charge is 2.11. The van der Waals surface area contributed by atoms with Crippen LogP contribution in [0.4, 0.5) is 0 Å². The Bertz CT molecular complexity index is 531. The van der Waals surface area contributed by atoms with Gasteiger partial charge < -0.3 is 9.88 Å². The van der Waals surface area contributed by atoms with Crippen LogP contribution < -0.4 is 5.32 Å². The molecule has 2 aromatic rings. The van der Waals surface area contributed by atoms with E-state index in [1.165, 1.54) is 11.1 Å². The van der Waals surface area contributed by atoms with Gasteiger partial charge in [0.1, 0.15) is 5.82 Å². The molecule has 0 aliphatic rings. The van der Waals surface area contributed by atoms with Crippen LogP contribution in [0.1, 0.15) is 30.3 Å².